The van der Waals surface area contributed by atoms with Gasteiger partial charge in [0.05, 0.1) is 16.7 Å². The van der Waals surface area contributed by atoms with Gasteiger partial charge >= 0.3 is 0 Å². The van der Waals surface area contributed by atoms with E-state index in [-0.39, 0.29) is 17.5 Å². The second-order valence-electron chi connectivity index (χ2n) is 4.80. The van der Waals surface area contributed by atoms with E-state index in [0.29, 0.717) is 6.42 Å². The topological polar surface area (TPSA) is 67.5 Å². The van der Waals surface area contributed by atoms with Crippen molar-refractivity contribution in [1.29, 1.82) is 0 Å². The van der Waals surface area contributed by atoms with E-state index in [2.05, 4.69) is 10.5 Å². The fourth-order valence-corrected chi connectivity index (χ4v) is 2.29. The van der Waals surface area contributed by atoms with Crippen molar-refractivity contribution < 1.29 is 9.31 Å². The first kappa shape index (κ1) is 13.2. The molecule has 0 bridgehead atoms. The van der Waals surface area contributed by atoms with E-state index >= 15 is 0 Å². The molecule has 106 valence electrons. The molecule has 2 aromatic rings. The zero-order valence-corrected chi connectivity index (χ0v) is 11.0. The summed E-state index contributed by atoms with van der Waals surface area (Å²) < 4.78 is 12.9. The smallest absolute Gasteiger partial charge is 0.269 e. The van der Waals surface area contributed by atoms with Gasteiger partial charge < -0.3 is 5.43 Å². The first-order valence-corrected chi connectivity index (χ1v) is 6.46. The summed E-state index contributed by atoms with van der Waals surface area (Å²) in [5, 5.41) is 14.9. The van der Waals surface area contributed by atoms with E-state index in [0.717, 1.165) is 16.8 Å². The van der Waals surface area contributed by atoms with E-state index in [1.54, 1.807) is 24.3 Å². The molecule has 5 nitrogen and oxygen atoms in total. The zero-order chi connectivity index (χ0) is 14.8. The number of hydrogen-bond acceptors (Lipinski definition) is 4. The Morgan fingerprint density at radius 2 is 1.81 bits per heavy atom. The Hall–Kier alpha value is -2.76. The monoisotopic (exact) mass is 285 g/mol. The summed E-state index contributed by atoms with van der Waals surface area (Å²) in [5.41, 5.74) is 5.70. The second-order valence-corrected chi connectivity index (χ2v) is 4.80. The molecule has 21 heavy (non-hydrogen) atoms. The first-order chi connectivity index (χ1) is 10.1. The summed E-state index contributed by atoms with van der Waals surface area (Å²) in [6.07, 6.45) is 0.656. The third-order valence-corrected chi connectivity index (χ3v) is 3.44. The van der Waals surface area contributed by atoms with Crippen LogP contribution in [0.15, 0.2) is 53.6 Å². The Morgan fingerprint density at radius 3 is 2.43 bits per heavy atom. The summed E-state index contributed by atoms with van der Waals surface area (Å²) in [6, 6.07) is 12.6. The van der Waals surface area contributed by atoms with Gasteiger partial charge in [0.1, 0.15) is 5.82 Å². The molecule has 1 atom stereocenters. The standard InChI is InChI=1S/C15H12FN3O2/c16-12-5-1-10(2-6-12)14-9-15(18-17-14)11-3-7-13(8-4-11)19(20)21/h1-8,14,17H,9H2. The van der Waals surface area contributed by atoms with E-state index in [1.807, 2.05) is 0 Å². The molecule has 0 aromatic heterocycles. The minimum atomic E-state index is -0.431. The summed E-state index contributed by atoms with van der Waals surface area (Å²) in [5.74, 6) is -0.270. The number of non-ortho nitro benzene ring substituents is 1. The third-order valence-electron chi connectivity index (χ3n) is 3.44. The normalized spacial score (nSPS) is 17.2. The minimum Gasteiger partial charge on any atom is -0.302 e. The average molecular weight is 285 g/mol. The van der Waals surface area contributed by atoms with Gasteiger partial charge in [-0.25, -0.2) is 4.39 Å². The van der Waals surface area contributed by atoms with E-state index < -0.39 is 4.92 Å². The fraction of sp³-hybridized carbons (Fsp3) is 0.133. The Bertz CT molecular complexity index is 696. The van der Waals surface area contributed by atoms with Crippen LogP contribution in [0.1, 0.15) is 23.6 Å². The number of nitrogens with zero attached hydrogens (tertiary/aromatic N) is 2. The fourth-order valence-electron chi connectivity index (χ4n) is 2.29. The van der Waals surface area contributed by atoms with Crippen LogP contribution in [0.2, 0.25) is 0 Å². The maximum absolute atomic E-state index is 12.9. The number of nitro groups is 1. The van der Waals surface area contributed by atoms with Gasteiger partial charge in [-0.1, -0.05) is 12.1 Å². The average Bonchev–Trinajstić information content (AvgIpc) is 2.98. The van der Waals surface area contributed by atoms with Gasteiger partial charge in [0.25, 0.3) is 5.69 Å². The highest BCUT2D eigenvalue weighted by molar-refractivity contribution is 6.01. The number of rotatable bonds is 3. The van der Waals surface area contributed by atoms with Crippen molar-refractivity contribution in [2.45, 2.75) is 12.5 Å². The summed E-state index contributed by atoms with van der Waals surface area (Å²) in [7, 11) is 0. The van der Waals surface area contributed by atoms with Crippen LogP contribution < -0.4 is 5.43 Å². The maximum Gasteiger partial charge on any atom is 0.269 e. The van der Waals surface area contributed by atoms with Gasteiger partial charge in [0.2, 0.25) is 0 Å². The largest absolute Gasteiger partial charge is 0.302 e. The predicted octanol–water partition coefficient (Wildman–Crippen LogP) is 3.17. The molecule has 0 amide bonds. The molecule has 1 unspecified atom stereocenters. The number of hydrazone groups is 1. The van der Waals surface area contributed by atoms with Crippen molar-refractivity contribution in [3.8, 4) is 0 Å². The van der Waals surface area contributed by atoms with Crippen molar-refractivity contribution in [2.75, 3.05) is 0 Å². The Labute approximate surface area is 120 Å². The number of halogens is 1. The van der Waals surface area contributed by atoms with Crippen molar-refractivity contribution in [2.24, 2.45) is 5.10 Å². The zero-order valence-electron chi connectivity index (χ0n) is 11.0. The van der Waals surface area contributed by atoms with Gasteiger partial charge in [-0.05, 0) is 35.4 Å². The first-order valence-electron chi connectivity index (χ1n) is 6.46. The van der Waals surface area contributed by atoms with Gasteiger partial charge in [-0.2, -0.15) is 5.10 Å². The molecule has 6 heteroatoms. The van der Waals surface area contributed by atoms with Crippen LogP contribution in [0.3, 0.4) is 0 Å². The number of hydrogen-bond donors (Lipinski definition) is 1. The lowest BCUT2D eigenvalue weighted by atomic mass is 9.99. The van der Waals surface area contributed by atoms with Crippen LogP contribution in [-0.4, -0.2) is 10.6 Å². The number of nitro benzene ring substituents is 1. The molecule has 0 spiro atoms. The molecule has 3 rings (SSSR count). The SMILES string of the molecule is O=[N+]([O-])c1ccc(C2=NNC(c3ccc(F)cc3)C2)cc1. The van der Waals surface area contributed by atoms with Gasteiger partial charge in [-0.3, -0.25) is 10.1 Å². The van der Waals surface area contributed by atoms with Crippen LogP contribution in [0.5, 0.6) is 0 Å². The Morgan fingerprint density at radius 1 is 1.14 bits per heavy atom. The van der Waals surface area contributed by atoms with Crippen molar-refractivity contribution in [3.63, 3.8) is 0 Å². The molecular formula is C15H12FN3O2. The van der Waals surface area contributed by atoms with E-state index in [9.17, 15) is 14.5 Å². The molecule has 1 heterocycles. The molecular weight excluding hydrogens is 273 g/mol. The molecule has 1 aliphatic rings. The quantitative estimate of drug-likeness (QED) is 0.695. The van der Waals surface area contributed by atoms with Crippen LogP contribution in [0.4, 0.5) is 10.1 Å². The molecule has 2 aromatic carbocycles. The summed E-state index contributed by atoms with van der Waals surface area (Å²) in [6.45, 7) is 0. The van der Waals surface area contributed by atoms with Crippen LogP contribution >= 0.6 is 0 Å². The number of nitrogens with one attached hydrogen (secondary N) is 1. The van der Waals surface area contributed by atoms with Gasteiger partial charge in [-0.15, -0.1) is 0 Å². The van der Waals surface area contributed by atoms with Crippen molar-refractivity contribution in [1.82, 2.24) is 5.43 Å². The second kappa shape index (κ2) is 5.32. The van der Waals surface area contributed by atoms with Crippen LogP contribution in [-0.2, 0) is 0 Å². The highest BCUT2D eigenvalue weighted by Gasteiger charge is 2.21. The van der Waals surface area contributed by atoms with Crippen molar-refractivity contribution >= 4 is 11.4 Å². The highest BCUT2D eigenvalue weighted by Crippen LogP contribution is 2.25. The lowest BCUT2D eigenvalue weighted by Crippen LogP contribution is -2.09. The van der Waals surface area contributed by atoms with Crippen LogP contribution in [0.25, 0.3) is 0 Å². The lowest BCUT2D eigenvalue weighted by molar-refractivity contribution is -0.384. The summed E-state index contributed by atoms with van der Waals surface area (Å²) >= 11 is 0. The number of benzene rings is 2. The Kier molecular flexibility index (Phi) is 3.35. The molecule has 0 saturated carbocycles. The van der Waals surface area contributed by atoms with Crippen LogP contribution in [0, 0.1) is 15.9 Å². The minimum absolute atomic E-state index is 0.00390. The lowest BCUT2D eigenvalue weighted by Gasteiger charge is -2.09. The molecule has 0 fully saturated rings. The van der Waals surface area contributed by atoms with E-state index in [4.69, 9.17) is 0 Å². The molecule has 0 saturated heterocycles. The van der Waals surface area contributed by atoms with E-state index in [1.165, 1.54) is 24.3 Å². The predicted molar refractivity (Wildman–Crippen MR) is 76.5 cm³/mol. The molecule has 1 N–H and O–H groups in total. The van der Waals surface area contributed by atoms with Gasteiger partial charge in [0, 0.05) is 18.6 Å². The highest BCUT2D eigenvalue weighted by atomic mass is 19.1. The Balaban J connectivity index is 1.74. The maximum atomic E-state index is 12.9. The van der Waals surface area contributed by atoms with Crippen molar-refractivity contribution in [3.05, 3.63) is 75.6 Å². The summed E-state index contributed by atoms with van der Waals surface area (Å²) in [4.78, 5) is 10.2. The van der Waals surface area contributed by atoms with Gasteiger partial charge in [0.15, 0.2) is 0 Å². The third kappa shape index (κ3) is 2.74. The molecule has 0 aliphatic carbocycles. The molecule has 0 radical (unpaired) electrons. The molecule has 1 aliphatic heterocycles.